The number of benzene rings is 3. The lowest BCUT2D eigenvalue weighted by molar-refractivity contribution is 0.418. The molecule has 0 saturated heterocycles. The van der Waals surface area contributed by atoms with Crippen LogP contribution in [0.15, 0.2) is 64.2 Å². The molecule has 7 heteroatoms. The first-order valence-electron chi connectivity index (χ1n) is 17.9. The predicted octanol–water partition coefficient (Wildman–Crippen LogP) is 10.3. The summed E-state index contributed by atoms with van der Waals surface area (Å²) < 4.78 is 5.70. The Balaban J connectivity index is 1.35. The van der Waals surface area contributed by atoms with Crippen LogP contribution in [0, 0.1) is 10.4 Å². The van der Waals surface area contributed by atoms with E-state index in [0.717, 1.165) is 24.9 Å². The number of nitrogens with one attached hydrogen (secondary N) is 1. The summed E-state index contributed by atoms with van der Waals surface area (Å²) in [5.41, 5.74) is 0.857. The van der Waals surface area contributed by atoms with Gasteiger partial charge in [-0.25, -0.2) is 4.98 Å². The minimum atomic E-state index is -0.525. The van der Waals surface area contributed by atoms with Crippen LogP contribution in [0.1, 0.15) is 110 Å². The van der Waals surface area contributed by atoms with Gasteiger partial charge in [-0.3, -0.25) is 9.59 Å². The summed E-state index contributed by atoms with van der Waals surface area (Å²) in [6.45, 7) is 2.26. The van der Waals surface area contributed by atoms with Gasteiger partial charge in [0, 0.05) is 39.0 Å². The first kappa shape index (κ1) is 35.4. The summed E-state index contributed by atoms with van der Waals surface area (Å²) in [7, 11) is 1.52. The van der Waals surface area contributed by atoms with Crippen LogP contribution in [0.3, 0.4) is 0 Å². The van der Waals surface area contributed by atoms with Crippen molar-refractivity contribution in [1.29, 1.82) is 0 Å². The molecule has 1 aliphatic carbocycles. The van der Waals surface area contributed by atoms with Crippen molar-refractivity contribution in [3.05, 3.63) is 95.9 Å². The molecule has 0 fully saturated rings. The number of hydrogen-bond acceptors (Lipinski definition) is 6. The minimum absolute atomic E-state index is 0.0178. The van der Waals surface area contributed by atoms with Crippen molar-refractivity contribution in [2.45, 2.75) is 110 Å². The van der Waals surface area contributed by atoms with Gasteiger partial charge in [0.2, 0.25) is 0 Å². The molecule has 5 rings (SSSR count). The van der Waals surface area contributed by atoms with Crippen molar-refractivity contribution >= 4 is 50.4 Å². The van der Waals surface area contributed by atoms with E-state index in [2.05, 4.69) is 17.2 Å². The fourth-order valence-corrected chi connectivity index (χ4v) is 7.06. The van der Waals surface area contributed by atoms with Crippen molar-refractivity contribution < 1.29 is 9.84 Å². The zero-order valence-corrected chi connectivity index (χ0v) is 29.3. The number of aliphatic hydroxyl groups excluding tert-OH is 1. The second kappa shape index (κ2) is 17.5. The summed E-state index contributed by atoms with van der Waals surface area (Å²) in [6, 6.07) is 16.2. The molecule has 48 heavy (non-hydrogen) atoms. The molecule has 1 heterocycles. The van der Waals surface area contributed by atoms with Gasteiger partial charge in [-0.05, 0) is 36.1 Å². The van der Waals surface area contributed by atoms with Gasteiger partial charge in [0.05, 0.1) is 23.4 Å². The van der Waals surface area contributed by atoms with Gasteiger partial charge in [-0.15, -0.1) is 0 Å². The molecule has 6 nitrogen and oxygen atoms in total. The number of hydrogen-bond donors (Lipinski definition) is 2. The van der Waals surface area contributed by atoms with Gasteiger partial charge in [0.15, 0.2) is 5.43 Å². The number of rotatable bonds is 19. The van der Waals surface area contributed by atoms with Crippen LogP contribution >= 0.6 is 11.6 Å². The summed E-state index contributed by atoms with van der Waals surface area (Å²) in [6.07, 6.45) is 19.2. The van der Waals surface area contributed by atoms with Gasteiger partial charge in [-0.2, -0.15) is 0 Å². The molecule has 3 aromatic carbocycles. The zero-order chi connectivity index (χ0) is 33.9. The van der Waals surface area contributed by atoms with Crippen molar-refractivity contribution in [2.24, 2.45) is 0 Å². The second-order valence-electron chi connectivity index (χ2n) is 13.0. The SMILES string of the molecule is CCCCCCCCCCCCCCCCCC(O)=c1c(=O)nc2c(OC)cc(Nc3ccc(Cl)cc3)c3c2=c1c1ccccc1c3=O. The van der Waals surface area contributed by atoms with E-state index >= 15 is 0 Å². The van der Waals surface area contributed by atoms with Crippen LogP contribution in [0.4, 0.5) is 11.4 Å². The smallest absolute Gasteiger partial charge is 0.281 e. The van der Waals surface area contributed by atoms with Crippen LogP contribution in [0.25, 0.3) is 27.4 Å². The normalized spacial score (nSPS) is 12.3. The lowest BCUT2D eigenvalue weighted by Gasteiger charge is -2.15. The summed E-state index contributed by atoms with van der Waals surface area (Å²) in [5, 5.41) is 18.1. The number of halogens is 1. The lowest BCUT2D eigenvalue weighted by Crippen LogP contribution is -2.33. The monoisotopic (exact) mass is 668 g/mol. The highest BCUT2D eigenvalue weighted by atomic mass is 35.5. The maximum absolute atomic E-state index is 14.1. The molecule has 0 spiro atoms. The number of unbranched alkanes of at least 4 members (excludes halogenated alkanes) is 14. The van der Waals surface area contributed by atoms with Crippen LogP contribution in [-0.2, 0) is 0 Å². The Morgan fingerprint density at radius 1 is 0.771 bits per heavy atom. The van der Waals surface area contributed by atoms with Crippen molar-refractivity contribution in [3.63, 3.8) is 0 Å². The standard InChI is InChI=1S/C41H49ClN2O4/c1-3-4-5-6-7-8-9-10-11-12-13-14-15-16-17-22-33(45)37-35-30-20-18-19-21-31(30)40(46)36-32(43-29-25-23-28(42)24-26-29)27-34(48-2)39(38(35)36)44-41(37)47/h18-21,23-27,43,45H,3-17,22H2,1-2H3. The third-order valence-electron chi connectivity index (χ3n) is 9.51. The van der Waals surface area contributed by atoms with Gasteiger partial charge in [-0.1, -0.05) is 133 Å². The first-order valence-corrected chi connectivity index (χ1v) is 18.3. The third-order valence-corrected chi connectivity index (χ3v) is 9.76. The van der Waals surface area contributed by atoms with E-state index in [-0.39, 0.29) is 16.4 Å². The average molecular weight is 669 g/mol. The Kier molecular flexibility index (Phi) is 12.9. The number of ether oxygens (including phenoxy) is 1. The highest BCUT2D eigenvalue weighted by Crippen LogP contribution is 2.33. The summed E-state index contributed by atoms with van der Waals surface area (Å²) in [5.74, 6) is 0.383. The van der Waals surface area contributed by atoms with Crippen molar-refractivity contribution in [1.82, 2.24) is 4.98 Å². The van der Waals surface area contributed by atoms with Gasteiger partial charge >= 0.3 is 0 Å². The van der Waals surface area contributed by atoms with Crippen LogP contribution < -0.4 is 26.3 Å². The molecule has 0 bridgehead atoms. The molecule has 254 valence electrons. The highest BCUT2D eigenvalue weighted by Gasteiger charge is 2.20. The molecule has 1 aliphatic heterocycles. The number of aromatic nitrogens is 1. The lowest BCUT2D eigenvalue weighted by atomic mass is 9.96. The summed E-state index contributed by atoms with van der Waals surface area (Å²) >= 11 is 6.11. The molecule has 3 aromatic rings. The highest BCUT2D eigenvalue weighted by molar-refractivity contribution is 6.30. The Morgan fingerprint density at radius 3 is 1.92 bits per heavy atom. The second-order valence-corrected chi connectivity index (χ2v) is 13.5. The van der Waals surface area contributed by atoms with E-state index < -0.39 is 5.56 Å². The van der Waals surface area contributed by atoms with Gasteiger partial charge < -0.3 is 15.2 Å². The third kappa shape index (κ3) is 8.38. The van der Waals surface area contributed by atoms with Gasteiger partial charge in [0.1, 0.15) is 17.0 Å². The molecular formula is C41H49ClN2O4. The maximum atomic E-state index is 14.1. The predicted molar refractivity (Wildman–Crippen MR) is 200 cm³/mol. The molecule has 0 unspecified atom stereocenters. The number of fused-ring (bicyclic) bond motifs is 2. The molecule has 0 saturated carbocycles. The molecule has 0 atom stereocenters. The number of nitrogens with zero attached hydrogens (tertiary/aromatic N) is 1. The Labute approximate surface area is 288 Å². The fourth-order valence-electron chi connectivity index (χ4n) is 6.93. The average Bonchev–Trinajstić information content (AvgIpc) is 3.09. The van der Waals surface area contributed by atoms with E-state index in [1.165, 1.54) is 84.2 Å². The largest absolute Gasteiger partial charge is 0.511 e. The number of anilines is 2. The fraction of sp³-hybridized carbons (Fsp3) is 0.439. The first-order chi connectivity index (χ1) is 23.4. The molecule has 0 radical (unpaired) electrons. The van der Waals surface area contributed by atoms with E-state index in [0.29, 0.717) is 55.0 Å². The van der Waals surface area contributed by atoms with Crippen LogP contribution in [0.5, 0.6) is 5.75 Å². The minimum Gasteiger partial charge on any atom is -0.511 e. The summed E-state index contributed by atoms with van der Waals surface area (Å²) in [4.78, 5) is 32.1. The van der Waals surface area contributed by atoms with E-state index in [4.69, 9.17) is 16.3 Å². The van der Waals surface area contributed by atoms with Crippen molar-refractivity contribution in [2.75, 3.05) is 12.4 Å². The topological polar surface area (TPSA) is 88.5 Å². The zero-order valence-electron chi connectivity index (χ0n) is 28.5. The van der Waals surface area contributed by atoms with Crippen LogP contribution in [-0.4, -0.2) is 17.2 Å². The van der Waals surface area contributed by atoms with Crippen LogP contribution in [0.2, 0.25) is 5.02 Å². The van der Waals surface area contributed by atoms with E-state index in [1.54, 1.807) is 24.3 Å². The Morgan fingerprint density at radius 2 is 1.33 bits per heavy atom. The molecular weight excluding hydrogens is 620 g/mol. The Hall–Kier alpha value is -3.90. The molecule has 0 amide bonds. The van der Waals surface area contributed by atoms with Gasteiger partial charge in [0.25, 0.3) is 5.56 Å². The Bertz CT molecular complexity index is 2030. The number of aliphatic hydroxyl groups is 1. The quantitative estimate of drug-likeness (QED) is 0.0851. The molecule has 2 N–H and O–H groups in total. The maximum Gasteiger partial charge on any atom is 0.281 e. The van der Waals surface area contributed by atoms with E-state index in [9.17, 15) is 14.7 Å². The van der Waals surface area contributed by atoms with Crippen molar-refractivity contribution in [3.8, 4) is 5.75 Å². The molecule has 0 aromatic heterocycles. The number of methoxy groups -OCH3 is 1. The van der Waals surface area contributed by atoms with E-state index in [1.807, 2.05) is 30.3 Å². The molecule has 2 aliphatic rings.